The van der Waals surface area contributed by atoms with E-state index in [0.29, 0.717) is 22.6 Å². The van der Waals surface area contributed by atoms with Crippen molar-refractivity contribution >= 4 is 33.5 Å². The summed E-state index contributed by atoms with van der Waals surface area (Å²) in [6.45, 7) is 4.75. The van der Waals surface area contributed by atoms with E-state index in [9.17, 15) is 14.4 Å². The van der Waals surface area contributed by atoms with Crippen molar-refractivity contribution < 1.29 is 19.1 Å². The van der Waals surface area contributed by atoms with Crippen LogP contribution in [0.15, 0.2) is 53.3 Å². The molecule has 1 fully saturated rings. The summed E-state index contributed by atoms with van der Waals surface area (Å²) in [6.07, 6.45) is 4.91. The fourth-order valence-electron chi connectivity index (χ4n) is 4.30. The molecule has 1 aliphatic rings. The summed E-state index contributed by atoms with van der Waals surface area (Å²) < 4.78 is 11.1. The first-order valence-corrected chi connectivity index (χ1v) is 11.7. The average molecular weight is 448 g/mol. The van der Waals surface area contributed by atoms with E-state index >= 15 is 0 Å². The Morgan fingerprint density at radius 2 is 1.67 bits per heavy atom. The van der Waals surface area contributed by atoms with E-state index in [1.807, 2.05) is 18.2 Å². The summed E-state index contributed by atoms with van der Waals surface area (Å²) >= 11 is 0. The monoisotopic (exact) mass is 447 g/mol. The molecular weight excluding hydrogens is 418 g/mol. The maximum atomic E-state index is 13.3. The SMILES string of the molecule is CCC(=O)Oc1cc(OC(=O)CCCN2CCCCC2)cc2ccc3ccccc3c(=O)c12. The van der Waals surface area contributed by atoms with E-state index in [2.05, 4.69) is 4.90 Å². The highest BCUT2D eigenvalue weighted by molar-refractivity contribution is 5.98. The van der Waals surface area contributed by atoms with Crippen LogP contribution in [0, 0.1) is 0 Å². The molecule has 0 aliphatic carbocycles. The van der Waals surface area contributed by atoms with Crippen molar-refractivity contribution in [3.8, 4) is 11.5 Å². The van der Waals surface area contributed by atoms with Crippen molar-refractivity contribution in [2.75, 3.05) is 19.6 Å². The lowest BCUT2D eigenvalue weighted by molar-refractivity contribution is -0.134. The van der Waals surface area contributed by atoms with Crippen LogP contribution in [0.5, 0.6) is 11.5 Å². The second-order valence-corrected chi connectivity index (χ2v) is 8.44. The molecule has 1 aliphatic heterocycles. The number of benzene rings is 2. The maximum Gasteiger partial charge on any atom is 0.311 e. The van der Waals surface area contributed by atoms with Gasteiger partial charge in [0.25, 0.3) is 0 Å². The highest BCUT2D eigenvalue weighted by Crippen LogP contribution is 2.31. The Balaban J connectivity index is 1.61. The molecule has 0 amide bonds. The van der Waals surface area contributed by atoms with Crippen LogP contribution < -0.4 is 14.9 Å². The second-order valence-electron chi connectivity index (χ2n) is 8.44. The number of rotatable bonds is 7. The van der Waals surface area contributed by atoms with Crippen LogP contribution >= 0.6 is 0 Å². The molecule has 1 heterocycles. The van der Waals surface area contributed by atoms with Gasteiger partial charge in [0.05, 0.1) is 5.39 Å². The summed E-state index contributed by atoms with van der Waals surface area (Å²) in [5, 5.41) is 2.16. The third-order valence-corrected chi connectivity index (χ3v) is 6.03. The number of carbonyl (C=O) groups excluding carboxylic acids is 2. The summed E-state index contributed by atoms with van der Waals surface area (Å²) in [5.41, 5.74) is -0.232. The third-order valence-electron chi connectivity index (χ3n) is 6.03. The van der Waals surface area contributed by atoms with Gasteiger partial charge in [0, 0.05) is 24.3 Å². The van der Waals surface area contributed by atoms with Crippen LogP contribution in [0.2, 0.25) is 0 Å². The number of likely N-dealkylation sites (tertiary alicyclic amines) is 1. The molecular formula is C27H29NO5. The number of hydrogen-bond donors (Lipinski definition) is 0. The van der Waals surface area contributed by atoms with Gasteiger partial charge in [0.1, 0.15) is 11.5 Å². The summed E-state index contributed by atoms with van der Waals surface area (Å²) in [5.74, 6) is -0.427. The molecule has 0 radical (unpaired) electrons. The molecule has 1 saturated heterocycles. The zero-order valence-electron chi connectivity index (χ0n) is 19.0. The number of nitrogens with zero attached hydrogens (tertiary/aromatic N) is 1. The molecule has 0 unspecified atom stereocenters. The van der Waals surface area contributed by atoms with Gasteiger partial charge in [-0.2, -0.15) is 0 Å². The lowest BCUT2D eigenvalue weighted by atomic mass is 10.1. The van der Waals surface area contributed by atoms with E-state index in [1.54, 1.807) is 31.2 Å². The average Bonchev–Trinajstić information content (AvgIpc) is 2.96. The standard InChI is InChI=1S/C27H29NO5/c1-2-24(29)33-23-18-21(32-25(30)11-8-16-28-14-6-3-7-15-28)17-20-13-12-19-9-4-5-10-22(19)27(31)26(20)23/h4-5,9-10,12-13,17-18H,2-3,6-8,11,14-16H2,1H3. The van der Waals surface area contributed by atoms with Crippen LogP contribution in [0.25, 0.3) is 21.5 Å². The van der Waals surface area contributed by atoms with Gasteiger partial charge < -0.3 is 14.4 Å². The molecule has 0 bridgehead atoms. The zero-order valence-corrected chi connectivity index (χ0v) is 19.0. The molecule has 6 heteroatoms. The molecule has 3 aromatic rings. The number of hydrogen-bond acceptors (Lipinski definition) is 6. The molecule has 0 saturated carbocycles. The van der Waals surface area contributed by atoms with Crippen molar-refractivity contribution in [1.82, 2.24) is 4.90 Å². The summed E-state index contributed by atoms with van der Waals surface area (Å²) in [4.78, 5) is 40.2. The Morgan fingerprint density at radius 3 is 2.45 bits per heavy atom. The van der Waals surface area contributed by atoms with Crippen LogP contribution in [0.3, 0.4) is 0 Å². The minimum Gasteiger partial charge on any atom is -0.426 e. The Morgan fingerprint density at radius 1 is 0.909 bits per heavy atom. The van der Waals surface area contributed by atoms with E-state index in [1.165, 1.54) is 25.3 Å². The maximum absolute atomic E-state index is 13.3. The van der Waals surface area contributed by atoms with Gasteiger partial charge in [-0.25, -0.2) is 0 Å². The fraction of sp³-hybridized carbons (Fsp3) is 0.370. The van der Waals surface area contributed by atoms with Gasteiger partial charge in [-0.1, -0.05) is 49.7 Å². The molecule has 0 spiro atoms. The molecule has 0 aromatic heterocycles. The van der Waals surface area contributed by atoms with E-state index in [0.717, 1.165) is 31.4 Å². The predicted octanol–water partition coefficient (Wildman–Crippen LogP) is 4.84. The Kier molecular flexibility index (Phi) is 7.35. The number of piperidine rings is 1. The second kappa shape index (κ2) is 10.6. The van der Waals surface area contributed by atoms with Crippen molar-refractivity contribution in [2.45, 2.75) is 45.4 Å². The van der Waals surface area contributed by atoms with Crippen LogP contribution in [0.4, 0.5) is 0 Å². The highest BCUT2D eigenvalue weighted by Gasteiger charge is 2.16. The Labute approximate surface area is 193 Å². The molecule has 4 rings (SSSR count). The Hall–Kier alpha value is -3.25. The van der Waals surface area contributed by atoms with Crippen LogP contribution in [-0.4, -0.2) is 36.5 Å². The molecule has 0 atom stereocenters. The van der Waals surface area contributed by atoms with E-state index < -0.39 is 5.97 Å². The van der Waals surface area contributed by atoms with Gasteiger partial charge >= 0.3 is 11.9 Å². The molecule has 172 valence electrons. The van der Waals surface area contributed by atoms with Gasteiger partial charge in [0.15, 0.2) is 5.43 Å². The van der Waals surface area contributed by atoms with Crippen molar-refractivity contribution in [3.05, 3.63) is 58.8 Å². The fourth-order valence-corrected chi connectivity index (χ4v) is 4.30. The topological polar surface area (TPSA) is 72.9 Å². The van der Waals surface area contributed by atoms with Crippen molar-refractivity contribution in [1.29, 1.82) is 0 Å². The highest BCUT2D eigenvalue weighted by atomic mass is 16.5. The third kappa shape index (κ3) is 5.57. The van der Waals surface area contributed by atoms with Gasteiger partial charge in [0.2, 0.25) is 0 Å². The van der Waals surface area contributed by atoms with Gasteiger partial charge in [-0.3, -0.25) is 14.4 Å². The first-order valence-electron chi connectivity index (χ1n) is 11.7. The first-order chi connectivity index (χ1) is 16.0. The number of fused-ring (bicyclic) bond motifs is 2. The van der Waals surface area contributed by atoms with Crippen LogP contribution in [-0.2, 0) is 9.59 Å². The normalized spacial score (nSPS) is 14.3. The van der Waals surface area contributed by atoms with Crippen molar-refractivity contribution in [2.24, 2.45) is 0 Å². The largest absolute Gasteiger partial charge is 0.426 e. The minimum atomic E-state index is -0.462. The minimum absolute atomic E-state index is 0.113. The Bertz CT molecular complexity index is 1230. The zero-order chi connectivity index (χ0) is 23.2. The lowest BCUT2D eigenvalue weighted by Gasteiger charge is -2.26. The lowest BCUT2D eigenvalue weighted by Crippen LogP contribution is -2.31. The summed E-state index contributed by atoms with van der Waals surface area (Å²) in [6, 6.07) is 14.0. The molecule has 0 N–H and O–H groups in total. The van der Waals surface area contributed by atoms with Crippen LogP contribution in [0.1, 0.15) is 45.4 Å². The number of esters is 2. The van der Waals surface area contributed by atoms with E-state index in [4.69, 9.17) is 9.47 Å². The molecule has 33 heavy (non-hydrogen) atoms. The predicted molar refractivity (Wildman–Crippen MR) is 129 cm³/mol. The van der Waals surface area contributed by atoms with Gasteiger partial charge in [-0.05, 0) is 55.7 Å². The van der Waals surface area contributed by atoms with Gasteiger partial charge in [-0.15, -0.1) is 0 Å². The number of carbonyl (C=O) groups is 2. The van der Waals surface area contributed by atoms with E-state index in [-0.39, 0.29) is 29.3 Å². The first kappa shape index (κ1) is 22.9. The molecule has 6 nitrogen and oxygen atoms in total. The quantitative estimate of drug-likeness (QED) is 0.381. The molecule has 3 aromatic carbocycles. The summed E-state index contributed by atoms with van der Waals surface area (Å²) in [7, 11) is 0. The number of ether oxygens (including phenoxy) is 2. The van der Waals surface area contributed by atoms with Crippen molar-refractivity contribution in [3.63, 3.8) is 0 Å². The smallest absolute Gasteiger partial charge is 0.311 e.